The van der Waals surface area contributed by atoms with Crippen LogP contribution >= 0.6 is 17.0 Å². The van der Waals surface area contributed by atoms with Gasteiger partial charge in [-0.25, -0.2) is 0 Å². The molecule has 0 fully saturated rings. The molecule has 0 spiro atoms. The van der Waals surface area contributed by atoms with Crippen molar-refractivity contribution in [3.05, 3.63) is 82.9 Å². The first-order valence-electron chi connectivity index (χ1n) is 10.1. The van der Waals surface area contributed by atoms with Crippen molar-refractivity contribution in [2.45, 2.75) is 44.0 Å². The Morgan fingerprint density at radius 2 is 1.48 bits per heavy atom. The molecule has 2 aliphatic rings. The number of fused-ring (bicyclic) bond motifs is 2. The molecule has 2 aromatic rings. The zero-order valence-electron chi connectivity index (χ0n) is 16.0. The fourth-order valence-corrected chi connectivity index (χ4v) is 18.0. The predicted octanol–water partition coefficient (Wildman–Crippen LogP) is 8.59. The van der Waals surface area contributed by atoms with Gasteiger partial charge < -0.3 is 0 Å². The molecule has 3 atom stereocenters. The van der Waals surface area contributed by atoms with Gasteiger partial charge in [-0.3, -0.25) is 0 Å². The molecule has 2 aliphatic carbocycles. The van der Waals surface area contributed by atoms with E-state index in [1.807, 2.05) is 0 Å². The Kier molecular flexibility index (Phi) is 5.34. The van der Waals surface area contributed by atoms with Gasteiger partial charge in [-0.1, -0.05) is 0 Å². The SMILES string of the molecule is C[CH2][Zr]([Cl])([Cl])([CH](C)CCC1C=Cc2ccccc21)[CH]1C=Cc2ccccc21. The van der Waals surface area contributed by atoms with E-state index in [9.17, 15) is 0 Å². The van der Waals surface area contributed by atoms with Crippen LogP contribution < -0.4 is 0 Å². The van der Waals surface area contributed by atoms with Gasteiger partial charge in [0.25, 0.3) is 0 Å². The van der Waals surface area contributed by atoms with E-state index in [2.05, 4.69) is 86.7 Å². The Balaban J connectivity index is 1.55. The Labute approximate surface area is 171 Å². The van der Waals surface area contributed by atoms with E-state index in [1.165, 1.54) is 22.3 Å². The van der Waals surface area contributed by atoms with Gasteiger partial charge >= 0.3 is 172 Å². The molecule has 2 aromatic carbocycles. The van der Waals surface area contributed by atoms with Gasteiger partial charge in [0.2, 0.25) is 0 Å². The summed E-state index contributed by atoms with van der Waals surface area (Å²) in [4.78, 5) is 0. The van der Waals surface area contributed by atoms with E-state index < -0.39 is 16.4 Å². The molecule has 0 amide bonds. The zero-order chi connectivity index (χ0) is 19.1. The van der Waals surface area contributed by atoms with Crippen molar-refractivity contribution in [3.8, 4) is 0 Å². The number of rotatable bonds is 6. The third-order valence-corrected chi connectivity index (χ3v) is 30.6. The first-order chi connectivity index (χ1) is 12.9. The van der Waals surface area contributed by atoms with Gasteiger partial charge in [-0.2, -0.15) is 0 Å². The van der Waals surface area contributed by atoms with E-state index >= 15 is 0 Å². The molecule has 27 heavy (non-hydrogen) atoms. The summed E-state index contributed by atoms with van der Waals surface area (Å²) < 4.78 is 1.53. The summed E-state index contributed by atoms with van der Waals surface area (Å²) in [5, 5.41) is 0. The summed E-state index contributed by atoms with van der Waals surface area (Å²) in [6.45, 7) is 4.52. The summed E-state index contributed by atoms with van der Waals surface area (Å²) >= 11 is -4.03. The van der Waals surface area contributed by atoms with Crippen LogP contribution in [0.2, 0.25) is 7.75 Å². The summed E-state index contributed by atoms with van der Waals surface area (Å²) in [5.41, 5.74) is 5.44. The number of hydrogen-bond acceptors (Lipinski definition) is 0. The fraction of sp³-hybridized carbons (Fsp3) is 0.333. The van der Waals surface area contributed by atoms with E-state index in [1.54, 1.807) is 0 Å². The molecule has 0 aliphatic heterocycles. The molecular formula is C24H27Cl2Zr. The van der Waals surface area contributed by atoms with Crippen molar-refractivity contribution in [2.75, 3.05) is 0 Å². The summed E-state index contributed by atoms with van der Waals surface area (Å²) in [6.07, 6.45) is 11.3. The van der Waals surface area contributed by atoms with Gasteiger partial charge in [0, 0.05) is 0 Å². The third kappa shape index (κ3) is 3.35. The van der Waals surface area contributed by atoms with Gasteiger partial charge in [-0.05, 0) is 0 Å². The second kappa shape index (κ2) is 7.33. The van der Waals surface area contributed by atoms with Crippen LogP contribution in [0.1, 0.15) is 58.5 Å². The van der Waals surface area contributed by atoms with Gasteiger partial charge in [0.15, 0.2) is 0 Å². The van der Waals surface area contributed by atoms with Gasteiger partial charge in [-0.15, -0.1) is 0 Å². The maximum absolute atomic E-state index is 7.56. The molecular weight excluding hydrogens is 450 g/mol. The van der Waals surface area contributed by atoms with E-state index in [-0.39, 0.29) is 3.63 Å². The average molecular weight is 478 g/mol. The summed E-state index contributed by atoms with van der Waals surface area (Å²) in [7, 11) is 15.1. The fourth-order valence-electron chi connectivity index (χ4n) is 4.94. The second-order valence-corrected chi connectivity index (χ2v) is 32.3. The molecule has 0 heterocycles. The van der Waals surface area contributed by atoms with Crippen LogP contribution in [0, 0.1) is 0 Å². The van der Waals surface area contributed by atoms with Crippen LogP contribution in [0.15, 0.2) is 60.7 Å². The molecule has 141 valence electrons. The molecule has 3 unspecified atom stereocenters. The predicted molar refractivity (Wildman–Crippen MR) is 117 cm³/mol. The van der Waals surface area contributed by atoms with Crippen LogP contribution in [-0.4, -0.2) is 0 Å². The van der Waals surface area contributed by atoms with Crippen LogP contribution in [0.5, 0.6) is 0 Å². The van der Waals surface area contributed by atoms with Crippen molar-refractivity contribution in [1.29, 1.82) is 0 Å². The Bertz CT molecular complexity index is 912. The Morgan fingerprint density at radius 3 is 2.19 bits per heavy atom. The van der Waals surface area contributed by atoms with Crippen molar-refractivity contribution >= 4 is 29.2 Å². The van der Waals surface area contributed by atoms with E-state index in [0.717, 1.165) is 17.0 Å². The van der Waals surface area contributed by atoms with Crippen LogP contribution in [0.3, 0.4) is 0 Å². The Morgan fingerprint density at radius 1 is 0.889 bits per heavy atom. The molecule has 0 aromatic heterocycles. The molecule has 4 rings (SSSR count). The molecule has 0 N–H and O–H groups in total. The summed E-state index contributed by atoms with van der Waals surface area (Å²) in [5.74, 6) is 0.499. The normalized spacial score (nSPS) is 22.9. The van der Waals surface area contributed by atoms with Crippen molar-refractivity contribution in [1.82, 2.24) is 0 Å². The number of halogens is 2. The van der Waals surface area contributed by atoms with Crippen LogP contribution in [0.4, 0.5) is 0 Å². The van der Waals surface area contributed by atoms with Crippen LogP contribution in [0.25, 0.3) is 12.2 Å². The monoisotopic (exact) mass is 475 g/mol. The molecule has 0 saturated carbocycles. The molecule has 0 radical (unpaired) electrons. The van der Waals surface area contributed by atoms with E-state index in [4.69, 9.17) is 17.0 Å². The average Bonchev–Trinajstić information content (AvgIpc) is 3.31. The molecule has 0 nitrogen and oxygen atoms in total. The first-order valence-corrected chi connectivity index (χ1v) is 21.0. The topological polar surface area (TPSA) is 0 Å². The second-order valence-electron chi connectivity index (χ2n) is 8.24. The van der Waals surface area contributed by atoms with Crippen molar-refractivity contribution in [2.24, 2.45) is 0 Å². The van der Waals surface area contributed by atoms with Gasteiger partial charge in [0.1, 0.15) is 0 Å². The van der Waals surface area contributed by atoms with Crippen molar-refractivity contribution in [3.63, 3.8) is 0 Å². The first kappa shape index (κ1) is 19.7. The number of benzene rings is 2. The molecule has 0 saturated heterocycles. The number of allylic oxidation sites excluding steroid dienone is 2. The Hall–Kier alpha value is -0.617. The van der Waals surface area contributed by atoms with Crippen molar-refractivity contribution < 1.29 is 16.4 Å². The third-order valence-electron chi connectivity index (χ3n) is 6.93. The zero-order valence-corrected chi connectivity index (χ0v) is 20.0. The quantitative estimate of drug-likeness (QED) is 0.391. The minimum absolute atomic E-state index is 0.234. The minimum atomic E-state index is -4.03. The number of hydrogen-bond donors (Lipinski definition) is 0. The van der Waals surface area contributed by atoms with Crippen LogP contribution in [-0.2, 0) is 16.4 Å². The summed E-state index contributed by atoms with van der Waals surface area (Å²) in [6, 6.07) is 17.3. The maximum atomic E-state index is 7.56. The van der Waals surface area contributed by atoms with E-state index in [0.29, 0.717) is 9.54 Å². The molecule has 0 bridgehead atoms. The van der Waals surface area contributed by atoms with Gasteiger partial charge in [0.05, 0.1) is 0 Å². The standard InChI is InChI=1S/C13H15.C9H7.C2H5.2ClH.Zr/c1-2-3-6-11-9-10-12-7-4-5-8-13(11)12;1-2-5-9-7-3-6-8(9)4-1;1-2;;;/h2,4-5,7-11H,3,6H2,1H3;1-7H;1H2,2H3;2*1H;/q;;;;;+2/p-2. The molecule has 3 heteroatoms.